The maximum absolute atomic E-state index is 12.0. The molecule has 2 atom stereocenters. The Hall–Kier alpha value is -2.62. The Balaban J connectivity index is 1.56. The number of esters is 2. The van der Waals surface area contributed by atoms with E-state index in [2.05, 4.69) is 0 Å². The zero-order valence-corrected chi connectivity index (χ0v) is 12.0. The first-order valence-corrected chi connectivity index (χ1v) is 7.26. The molecule has 0 aliphatic heterocycles. The van der Waals surface area contributed by atoms with Gasteiger partial charge in [-0.3, -0.25) is 0 Å². The molecule has 0 saturated heterocycles. The van der Waals surface area contributed by atoms with Crippen LogP contribution in [0.1, 0.15) is 33.6 Å². The molecule has 1 aliphatic rings. The summed E-state index contributed by atoms with van der Waals surface area (Å²) in [6.45, 7) is 0. The van der Waals surface area contributed by atoms with Crippen LogP contribution in [0.25, 0.3) is 0 Å². The smallest absolute Gasteiger partial charge is 0.338 e. The van der Waals surface area contributed by atoms with Crippen molar-refractivity contribution < 1.29 is 19.1 Å². The van der Waals surface area contributed by atoms with E-state index in [-0.39, 0.29) is 24.1 Å². The Morgan fingerprint density at radius 2 is 1.05 bits per heavy atom. The second-order valence-corrected chi connectivity index (χ2v) is 5.20. The lowest BCUT2D eigenvalue weighted by molar-refractivity contribution is -0.0808. The second-order valence-electron chi connectivity index (χ2n) is 5.20. The minimum absolute atomic E-state index is 0.361. The minimum Gasteiger partial charge on any atom is -0.455 e. The summed E-state index contributed by atoms with van der Waals surface area (Å²) >= 11 is 0. The number of benzene rings is 2. The first-order valence-electron chi connectivity index (χ1n) is 7.26. The monoisotopic (exact) mass is 296 g/mol. The van der Waals surface area contributed by atoms with Crippen LogP contribution in [-0.2, 0) is 9.47 Å². The first-order chi connectivity index (χ1) is 10.7. The maximum Gasteiger partial charge on any atom is 0.338 e. The summed E-state index contributed by atoms with van der Waals surface area (Å²) in [6.07, 6.45) is 0.706. The number of hydrogen-bond donors (Lipinski definition) is 0. The van der Waals surface area contributed by atoms with Crippen LogP contribution in [0.2, 0.25) is 0 Å². The van der Waals surface area contributed by atoms with Gasteiger partial charge in [-0.05, 0) is 37.1 Å². The SMILES string of the molecule is O=C(O[C@H]1CC[C@H]1OC(=O)c1ccccc1)c1ccccc1. The molecule has 4 heteroatoms. The van der Waals surface area contributed by atoms with Crippen LogP contribution in [0.3, 0.4) is 0 Å². The van der Waals surface area contributed by atoms with E-state index in [1.165, 1.54) is 0 Å². The molecule has 1 saturated carbocycles. The van der Waals surface area contributed by atoms with Gasteiger partial charge in [0, 0.05) is 0 Å². The van der Waals surface area contributed by atoms with Gasteiger partial charge in [-0.1, -0.05) is 36.4 Å². The van der Waals surface area contributed by atoms with Crippen molar-refractivity contribution in [3.63, 3.8) is 0 Å². The average Bonchev–Trinajstić information content (AvgIpc) is 2.57. The normalized spacial score (nSPS) is 19.8. The van der Waals surface area contributed by atoms with E-state index >= 15 is 0 Å². The minimum atomic E-state index is -0.383. The first kappa shape index (κ1) is 14.3. The molecule has 0 N–H and O–H groups in total. The van der Waals surface area contributed by atoms with E-state index in [0.29, 0.717) is 24.0 Å². The number of ether oxygens (including phenoxy) is 2. The van der Waals surface area contributed by atoms with Crippen LogP contribution < -0.4 is 0 Å². The lowest BCUT2D eigenvalue weighted by Crippen LogP contribution is -2.43. The third-order valence-corrected chi connectivity index (χ3v) is 3.69. The Morgan fingerprint density at radius 1 is 0.682 bits per heavy atom. The average molecular weight is 296 g/mol. The summed E-state index contributed by atoms with van der Waals surface area (Å²) in [6, 6.07) is 17.6. The number of carbonyl (C=O) groups is 2. The molecule has 0 radical (unpaired) electrons. The molecular formula is C18H16O4. The third-order valence-electron chi connectivity index (χ3n) is 3.69. The van der Waals surface area contributed by atoms with Gasteiger partial charge in [0.25, 0.3) is 0 Å². The fraction of sp³-hybridized carbons (Fsp3) is 0.222. The summed E-state index contributed by atoms with van der Waals surface area (Å²) in [5.74, 6) is -0.767. The van der Waals surface area contributed by atoms with E-state index in [9.17, 15) is 9.59 Å². The van der Waals surface area contributed by atoms with Gasteiger partial charge in [-0.25, -0.2) is 9.59 Å². The molecule has 22 heavy (non-hydrogen) atoms. The summed E-state index contributed by atoms with van der Waals surface area (Å²) < 4.78 is 10.8. The lowest BCUT2D eigenvalue weighted by atomic mass is 9.91. The fourth-order valence-corrected chi connectivity index (χ4v) is 2.27. The lowest BCUT2D eigenvalue weighted by Gasteiger charge is -2.35. The van der Waals surface area contributed by atoms with E-state index in [1.54, 1.807) is 48.5 Å². The van der Waals surface area contributed by atoms with Gasteiger partial charge in [0.15, 0.2) is 0 Å². The van der Waals surface area contributed by atoms with Crippen molar-refractivity contribution in [2.45, 2.75) is 25.0 Å². The molecule has 2 aromatic carbocycles. The predicted molar refractivity (Wildman–Crippen MR) is 80.5 cm³/mol. The van der Waals surface area contributed by atoms with Crippen LogP contribution in [0.4, 0.5) is 0 Å². The van der Waals surface area contributed by atoms with E-state index in [0.717, 1.165) is 0 Å². The topological polar surface area (TPSA) is 52.6 Å². The van der Waals surface area contributed by atoms with E-state index in [4.69, 9.17) is 9.47 Å². The molecule has 4 nitrogen and oxygen atoms in total. The Morgan fingerprint density at radius 3 is 1.36 bits per heavy atom. The van der Waals surface area contributed by atoms with Crippen LogP contribution in [-0.4, -0.2) is 24.1 Å². The largest absolute Gasteiger partial charge is 0.455 e. The molecule has 0 bridgehead atoms. The summed E-state index contributed by atoms with van der Waals surface area (Å²) in [5.41, 5.74) is 1.00. The zero-order chi connectivity index (χ0) is 15.4. The van der Waals surface area contributed by atoms with Crippen molar-refractivity contribution in [3.8, 4) is 0 Å². The van der Waals surface area contributed by atoms with Crippen LogP contribution in [0, 0.1) is 0 Å². The Bertz CT molecular complexity index is 592. The van der Waals surface area contributed by atoms with Gasteiger partial charge in [0.05, 0.1) is 11.1 Å². The van der Waals surface area contributed by atoms with Gasteiger partial charge in [0.2, 0.25) is 0 Å². The van der Waals surface area contributed by atoms with Crippen molar-refractivity contribution in [1.29, 1.82) is 0 Å². The van der Waals surface area contributed by atoms with E-state index < -0.39 is 0 Å². The zero-order valence-electron chi connectivity index (χ0n) is 12.0. The van der Waals surface area contributed by atoms with Crippen molar-refractivity contribution in [3.05, 3.63) is 71.8 Å². The summed E-state index contributed by atoms with van der Waals surface area (Å²) in [7, 11) is 0. The van der Waals surface area contributed by atoms with Crippen LogP contribution in [0.5, 0.6) is 0 Å². The highest BCUT2D eigenvalue weighted by molar-refractivity contribution is 5.90. The molecule has 2 aromatic rings. The predicted octanol–water partition coefficient (Wildman–Crippen LogP) is 3.23. The van der Waals surface area contributed by atoms with Crippen molar-refractivity contribution in [1.82, 2.24) is 0 Å². The summed E-state index contributed by atoms with van der Waals surface area (Å²) in [4.78, 5) is 24.0. The van der Waals surface area contributed by atoms with Crippen molar-refractivity contribution >= 4 is 11.9 Å². The van der Waals surface area contributed by atoms with Gasteiger partial charge >= 0.3 is 11.9 Å². The van der Waals surface area contributed by atoms with Crippen LogP contribution in [0.15, 0.2) is 60.7 Å². The molecule has 0 unspecified atom stereocenters. The molecule has 0 aromatic heterocycles. The quantitative estimate of drug-likeness (QED) is 0.813. The van der Waals surface area contributed by atoms with Crippen molar-refractivity contribution in [2.24, 2.45) is 0 Å². The van der Waals surface area contributed by atoms with Crippen molar-refractivity contribution in [2.75, 3.05) is 0 Å². The molecule has 0 spiro atoms. The van der Waals surface area contributed by atoms with Crippen LogP contribution >= 0.6 is 0 Å². The standard InChI is InChI=1S/C18H16O4/c19-17(13-7-3-1-4-8-13)21-15-11-12-16(15)22-18(20)14-9-5-2-6-10-14/h1-10,15-16H,11-12H2/t15-,16+. The highest BCUT2D eigenvalue weighted by Gasteiger charge is 2.37. The van der Waals surface area contributed by atoms with E-state index in [1.807, 2.05) is 12.1 Å². The molecule has 1 aliphatic carbocycles. The van der Waals surface area contributed by atoms with Gasteiger partial charge in [0.1, 0.15) is 12.2 Å². The van der Waals surface area contributed by atoms with Gasteiger partial charge in [-0.15, -0.1) is 0 Å². The number of rotatable bonds is 4. The third kappa shape index (κ3) is 3.17. The Kier molecular flexibility index (Phi) is 4.19. The molecule has 3 rings (SSSR count). The number of hydrogen-bond acceptors (Lipinski definition) is 4. The highest BCUT2D eigenvalue weighted by Crippen LogP contribution is 2.28. The Labute approximate surface area is 128 Å². The van der Waals surface area contributed by atoms with Gasteiger partial charge < -0.3 is 9.47 Å². The van der Waals surface area contributed by atoms with Gasteiger partial charge in [-0.2, -0.15) is 0 Å². The molecule has 0 amide bonds. The maximum atomic E-state index is 12.0. The fourth-order valence-electron chi connectivity index (χ4n) is 2.27. The molecule has 112 valence electrons. The highest BCUT2D eigenvalue weighted by atomic mass is 16.6. The molecular weight excluding hydrogens is 280 g/mol. The molecule has 0 heterocycles. The second kappa shape index (κ2) is 6.43. The summed E-state index contributed by atoms with van der Waals surface area (Å²) in [5, 5.41) is 0. The number of carbonyl (C=O) groups excluding carboxylic acids is 2. The molecule has 1 fully saturated rings.